The molecule has 1 saturated heterocycles. The summed E-state index contributed by atoms with van der Waals surface area (Å²) in [6.07, 6.45) is 6.37. The molecule has 0 spiro atoms. The van der Waals surface area contributed by atoms with Crippen LogP contribution in [0.3, 0.4) is 0 Å². The van der Waals surface area contributed by atoms with E-state index >= 15 is 0 Å². The van der Waals surface area contributed by atoms with Gasteiger partial charge in [-0.05, 0) is 25.2 Å². The van der Waals surface area contributed by atoms with Crippen LogP contribution in [0.15, 0.2) is 12.4 Å². The molecule has 1 aliphatic carbocycles. The molecule has 0 radical (unpaired) electrons. The summed E-state index contributed by atoms with van der Waals surface area (Å²) in [6.45, 7) is 0.724. The molecule has 0 aromatic carbocycles. The maximum absolute atomic E-state index is 11.0. The van der Waals surface area contributed by atoms with Crippen molar-refractivity contribution in [3.8, 4) is 0 Å². The monoisotopic (exact) mass is 249 g/mol. The van der Waals surface area contributed by atoms with E-state index in [-0.39, 0.29) is 17.8 Å². The van der Waals surface area contributed by atoms with Crippen molar-refractivity contribution in [3.05, 3.63) is 18.1 Å². The fourth-order valence-corrected chi connectivity index (χ4v) is 2.43. The lowest BCUT2D eigenvalue weighted by Crippen LogP contribution is -2.32. The van der Waals surface area contributed by atoms with Crippen molar-refractivity contribution in [2.45, 2.75) is 31.4 Å². The summed E-state index contributed by atoms with van der Waals surface area (Å²) in [5.74, 6) is -0.103. The van der Waals surface area contributed by atoms with E-state index in [0.29, 0.717) is 11.7 Å². The Balaban J connectivity index is 1.77. The number of aromatic carboxylic acids is 1. The number of ether oxygens (including phenoxy) is 1. The number of hydrogen-bond donors (Lipinski definition) is 2. The predicted octanol–water partition coefficient (Wildman–Crippen LogP) is 1.15. The van der Waals surface area contributed by atoms with Gasteiger partial charge >= 0.3 is 5.97 Å². The van der Waals surface area contributed by atoms with Crippen LogP contribution in [-0.4, -0.2) is 39.8 Å². The molecule has 2 heterocycles. The van der Waals surface area contributed by atoms with Gasteiger partial charge in [0.25, 0.3) is 0 Å². The number of hydrogen-bond acceptors (Lipinski definition) is 5. The number of anilines is 1. The van der Waals surface area contributed by atoms with E-state index in [9.17, 15) is 4.79 Å². The zero-order valence-electron chi connectivity index (χ0n) is 9.87. The van der Waals surface area contributed by atoms with Crippen LogP contribution in [0.2, 0.25) is 0 Å². The Bertz CT molecular complexity index is 462. The Morgan fingerprint density at radius 2 is 2.11 bits per heavy atom. The summed E-state index contributed by atoms with van der Waals surface area (Å²) in [5, 5.41) is 12.2. The third kappa shape index (κ3) is 2.15. The van der Waals surface area contributed by atoms with Crippen molar-refractivity contribution >= 4 is 11.8 Å². The summed E-state index contributed by atoms with van der Waals surface area (Å²) in [6, 6.07) is 0.146. The van der Waals surface area contributed by atoms with Crippen LogP contribution in [0.25, 0.3) is 0 Å². The van der Waals surface area contributed by atoms with Crippen LogP contribution in [0, 0.1) is 5.92 Å². The zero-order valence-corrected chi connectivity index (χ0v) is 9.87. The highest BCUT2D eigenvalue weighted by atomic mass is 16.5. The van der Waals surface area contributed by atoms with Gasteiger partial charge in [-0.15, -0.1) is 0 Å². The molecule has 96 valence electrons. The van der Waals surface area contributed by atoms with Crippen molar-refractivity contribution in [2.75, 3.05) is 11.9 Å². The highest BCUT2D eigenvalue weighted by molar-refractivity contribution is 5.90. The van der Waals surface area contributed by atoms with Crippen molar-refractivity contribution in [1.82, 2.24) is 9.97 Å². The number of nitrogens with one attached hydrogen (secondary N) is 1. The number of carbonyl (C=O) groups is 1. The van der Waals surface area contributed by atoms with Gasteiger partial charge < -0.3 is 15.2 Å². The molecule has 0 bridgehead atoms. The fraction of sp³-hybridized carbons (Fsp3) is 0.583. The second-order valence-electron chi connectivity index (χ2n) is 4.77. The molecule has 1 aromatic rings. The van der Waals surface area contributed by atoms with Crippen LogP contribution in [0.5, 0.6) is 0 Å². The standard InChI is InChI=1S/C12H15N3O3/c16-12(17)9-11(14-5-4-13-9)15-8-3-6-18-10(8)7-1-2-7/h4-5,7-8,10H,1-3,6H2,(H,14,15)(H,16,17). The van der Waals surface area contributed by atoms with Gasteiger partial charge in [0.05, 0.1) is 12.1 Å². The topological polar surface area (TPSA) is 84.3 Å². The molecule has 0 amide bonds. The van der Waals surface area contributed by atoms with E-state index in [1.807, 2.05) is 0 Å². The summed E-state index contributed by atoms with van der Waals surface area (Å²) in [7, 11) is 0. The molecule has 1 aromatic heterocycles. The van der Waals surface area contributed by atoms with E-state index in [4.69, 9.17) is 9.84 Å². The molecular formula is C12H15N3O3. The molecule has 18 heavy (non-hydrogen) atoms. The Kier molecular flexibility index (Phi) is 2.87. The Morgan fingerprint density at radius 3 is 2.83 bits per heavy atom. The third-order valence-electron chi connectivity index (χ3n) is 3.45. The molecule has 6 nitrogen and oxygen atoms in total. The lowest BCUT2D eigenvalue weighted by atomic mass is 10.1. The Morgan fingerprint density at radius 1 is 1.33 bits per heavy atom. The first-order chi connectivity index (χ1) is 8.75. The quantitative estimate of drug-likeness (QED) is 0.832. The van der Waals surface area contributed by atoms with E-state index in [1.54, 1.807) is 0 Å². The first kappa shape index (κ1) is 11.4. The van der Waals surface area contributed by atoms with Crippen LogP contribution < -0.4 is 5.32 Å². The zero-order chi connectivity index (χ0) is 12.5. The molecule has 3 rings (SSSR count). The SMILES string of the molecule is O=C(O)c1nccnc1NC1CCOC1C1CC1. The average Bonchev–Trinajstić information content (AvgIpc) is 3.11. The number of carboxylic acid groups (broad SMARTS) is 1. The molecule has 1 aliphatic heterocycles. The molecule has 2 N–H and O–H groups in total. The minimum atomic E-state index is -1.06. The van der Waals surface area contributed by atoms with Gasteiger partial charge in [-0.3, -0.25) is 0 Å². The minimum absolute atomic E-state index is 0.0288. The fourth-order valence-electron chi connectivity index (χ4n) is 2.43. The third-order valence-corrected chi connectivity index (χ3v) is 3.45. The second-order valence-corrected chi connectivity index (χ2v) is 4.77. The summed E-state index contributed by atoms with van der Waals surface area (Å²) in [5.41, 5.74) is -0.0288. The summed E-state index contributed by atoms with van der Waals surface area (Å²) >= 11 is 0. The van der Waals surface area contributed by atoms with Gasteiger partial charge in [-0.25, -0.2) is 14.8 Å². The first-order valence-corrected chi connectivity index (χ1v) is 6.18. The minimum Gasteiger partial charge on any atom is -0.476 e. The van der Waals surface area contributed by atoms with Gasteiger partial charge in [0, 0.05) is 19.0 Å². The molecule has 2 unspecified atom stereocenters. The van der Waals surface area contributed by atoms with Gasteiger partial charge in [0.2, 0.25) is 0 Å². The largest absolute Gasteiger partial charge is 0.476 e. The van der Waals surface area contributed by atoms with E-state index in [1.165, 1.54) is 25.2 Å². The van der Waals surface area contributed by atoms with E-state index in [2.05, 4.69) is 15.3 Å². The summed E-state index contributed by atoms with van der Waals surface area (Å²) < 4.78 is 5.70. The number of carboxylic acids is 1. The lowest BCUT2D eigenvalue weighted by Gasteiger charge is -2.20. The van der Waals surface area contributed by atoms with Crippen LogP contribution >= 0.6 is 0 Å². The first-order valence-electron chi connectivity index (χ1n) is 6.18. The van der Waals surface area contributed by atoms with Crippen molar-refractivity contribution in [2.24, 2.45) is 5.92 Å². The van der Waals surface area contributed by atoms with Crippen LogP contribution in [-0.2, 0) is 4.74 Å². The number of rotatable bonds is 4. The van der Waals surface area contributed by atoms with Crippen molar-refractivity contribution in [1.29, 1.82) is 0 Å². The summed E-state index contributed by atoms with van der Waals surface area (Å²) in [4.78, 5) is 19.0. The average molecular weight is 249 g/mol. The maximum Gasteiger partial charge on any atom is 0.358 e. The maximum atomic E-state index is 11.0. The number of aromatic nitrogens is 2. The second kappa shape index (κ2) is 4.53. The Labute approximate surface area is 104 Å². The Hall–Kier alpha value is -1.69. The smallest absolute Gasteiger partial charge is 0.358 e. The number of nitrogens with zero attached hydrogens (tertiary/aromatic N) is 2. The van der Waals surface area contributed by atoms with E-state index < -0.39 is 5.97 Å². The van der Waals surface area contributed by atoms with Gasteiger partial charge in [-0.1, -0.05) is 0 Å². The van der Waals surface area contributed by atoms with Crippen LogP contribution in [0.4, 0.5) is 5.82 Å². The normalized spacial score (nSPS) is 27.1. The van der Waals surface area contributed by atoms with Crippen molar-refractivity contribution < 1.29 is 14.6 Å². The van der Waals surface area contributed by atoms with Crippen molar-refractivity contribution in [3.63, 3.8) is 0 Å². The lowest BCUT2D eigenvalue weighted by molar-refractivity contribution is 0.0690. The van der Waals surface area contributed by atoms with Gasteiger partial charge in [0.15, 0.2) is 11.5 Å². The molecule has 1 saturated carbocycles. The highest BCUT2D eigenvalue weighted by Gasteiger charge is 2.41. The molecule has 2 fully saturated rings. The predicted molar refractivity (Wildman–Crippen MR) is 63.5 cm³/mol. The molecular weight excluding hydrogens is 234 g/mol. The van der Waals surface area contributed by atoms with E-state index in [0.717, 1.165) is 13.0 Å². The molecule has 6 heteroatoms. The highest BCUT2D eigenvalue weighted by Crippen LogP contribution is 2.39. The van der Waals surface area contributed by atoms with Gasteiger partial charge in [-0.2, -0.15) is 0 Å². The van der Waals surface area contributed by atoms with Gasteiger partial charge in [0.1, 0.15) is 0 Å². The molecule has 2 aliphatic rings. The van der Waals surface area contributed by atoms with Crippen LogP contribution in [0.1, 0.15) is 29.8 Å². The molecule has 2 atom stereocenters.